The van der Waals surface area contributed by atoms with Crippen molar-refractivity contribution in [1.82, 2.24) is 5.32 Å². The number of hydrogen-bond donors (Lipinski definition) is 2. The van der Waals surface area contributed by atoms with Crippen LogP contribution in [-0.2, 0) is 0 Å². The Kier molecular flexibility index (Phi) is 6.50. The van der Waals surface area contributed by atoms with Crippen molar-refractivity contribution in [2.24, 2.45) is 0 Å². The summed E-state index contributed by atoms with van der Waals surface area (Å²) in [6, 6.07) is 13.0. The molecule has 0 atom stereocenters. The van der Waals surface area contributed by atoms with Crippen LogP contribution in [0.25, 0.3) is 0 Å². The molecule has 24 heavy (non-hydrogen) atoms. The number of rotatable bonds is 6. The van der Waals surface area contributed by atoms with Crippen LogP contribution in [0, 0.1) is 6.92 Å². The Hall–Kier alpha value is -2.20. The summed E-state index contributed by atoms with van der Waals surface area (Å²) >= 11 is 5.89. The van der Waals surface area contributed by atoms with Crippen molar-refractivity contribution in [3.63, 3.8) is 0 Å². The fourth-order valence-corrected chi connectivity index (χ4v) is 2.57. The van der Waals surface area contributed by atoms with Crippen molar-refractivity contribution < 1.29 is 9.53 Å². The number of ether oxygens (including phenoxy) is 1. The second kappa shape index (κ2) is 8.60. The van der Waals surface area contributed by atoms with Crippen LogP contribution < -0.4 is 15.4 Å². The predicted molar refractivity (Wildman–Crippen MR) is 99.2 cm³/mol. The highest BCUT2D eigenvalue weighted by molar-refractivity contribution is 6.30. The molecule has 0 aliphatic carbocycles. The number of urea groups is 1. The van der Waals surface area contributed by atoms with Crippen LogP contribution in [0.4, 0.5) is 10.5 Å². The van der Waals surface area contributed by atoms with Gasteiger partial charge in [-0.1, -0.05) is 49.7 Å². The highest BCUT2D eigenvalue weighted by atomic mass is 35.5. The molecule has 0 fully saturated rings. The molecule has 2 aromatic carbocycles. The maximum absolute atomic E-state index is 12.1. The molecule has 2 N–H and O–H groups in total. The Balaban J connectivity index is 1.84. The fraction of sp³-hybridized carbons (Fsp3) is 0.316. The van der Waals surface area contributed by atoms with Gasteiger partial charge in [-0.3, -0.25) is 0 Å². The second-order valence-corrected chi connectivity index (χ2v) is 6.32. The van der Waals surface area contributed by atoms with E-state index in [4.69, 9.17) is 16.3 Å². The molecule has 0 unspecified atom stereocenters. The van der Waals surface area contributed by atoms with E-state index in [2.05, 4.69) is 24.5 Å². The number of carbonyl (C=O) groups excluding carboxylic acids is 1. The molecule has 0 spiro atoms. The Morgan fingerprint density at radius 2 is 1.96 bits per heavy atom. The van der Waals surface area contributed by atoms with Gasteiger partial charge >= 0.3 is 6.03 Å². The van der Waals surface area contributed by atoms with E-state index in [0.717, 1.165) is 16.8 Å². The monoisotopic (exact) mass is 346 g/mol. The lowest BCUT2D eigenvalue weighted by Gasteiger charge is -2.17. The topological polar surface area (TPSA) is 50.4 Å². The van der Waals surface area contributed by atoms with Crippen LogP contribution in [0.5, 0.6) is 5.75 Å². The number of nitrogens with one attached hydrogen (secondary N) is 2. The van der Waals surface area contributed by atoms with Gasteiger partial charge in [-0.25, -0.2) is 4.79 Å². The normalized spacial score (nSPS) is 10.5. The summed E-state index contributed by atoms with van der Waals surface area (Å²) in [7, 11) is 0. The number of benzene rings is 2. The first-order valence-corrected chi connectivity index (χ1v) is 8.38. The molecular formula is C19H23ClN2O2. The molecule has 5 heteroatoms. The van der Waals surface area contributed by atoms with E-state index in [-0.39, 0.29) is 6.03 Å². The number of halogens is 1. The van der Waals surface area contributed by atoms with Gasteiger partial charge in [0.25, 0.3) is 0 Å². The van der Waals surface area contributed by atoms with E-state index in [1.807, 2.05) is 37.3 Å². The van der Waals surface area contributed by atoms with E-state index in [0.29, 0.717) is 29.8 Å². The molecule has 0 radical (unpaired) electrons. The minimum absolute atomic E-state index is 0.235. The number of hydrogen-bond acceptors (Lipinski definition) is 2. The first-order chi connectivity index (χ1) is 11.5. The molecular weight excluding hydrogens is 324 g/mol. The van der Waals surface area contributed by atoms with Crippen molar-refractivity contribution in [2.75, 3.05) is 18.5 Å². The molecule has 0 saturated carbocycles. The van der Waals surface area contributed by atoms with Crippen molar-refractivity contribution in [1.29, 1.82) is 0 Å². The first kappa shape index (κ1) is 18.1. The molecule has 128 valence electrons. The molecule has 0 aromatic heterocycles. The third-order valence-corrected chi connectivity index (χ3v) is 3.85. The SMILES string of the molecule is Cc1cccc(C(C)C)c1NC(=O)NCCOc1cccc(Cl)c1. The standard InChI is InChI=1S/C19H23ClN2O2/c1-13(2)17-9-4-6-14(3)18(17)22-19(23)21-10-11-24-16-8-5-7-15(20)12-16/h4-9,12-13H,10-11H2,1-3H3,(H2,21,22,23). The molecule has 4 nitrogen and oxygen atoms in total. The van der Waals surface area contributed by atoms with Crippen LogP contribution in [0.1, 0.15) is 30.9 Å². The summed E-state index contributed by atoms with van der Waals surface area (Å²) in [5, 5.41) is 6.37. The first-order valence-electron chi connectivity index (χ1n) is 8.00. The van der Waals surface area contributed by atoms with Gasteiger partial charge in [-0.05, 0) is 42.2 Å². The molecule has 0 saturated heterocycles. The highest BCUT2D eigenvalue weighted by Gasteiger charge is 2.11. The van der Waals surface area contributed by atoms with Crippen LogP contribution in [0.15, 0.2) is 42.5 Å². The summed E-state index contributed by atoms with van der Waals surface area (Å²) in [6.45, 7) is 6.98. The summed E-state index contributed by atoms with van der Waals surface area (Å²) < 4.78 is 5.55. The zero-order valence-corrected chi connectivity index (χ0v) is 15.0. The average Bonchev–Trinajstić information content (AvgIpc) is 2.53. The van der Waals surface area contributed by atoms with Crippen molar-refractivity contribution in [2.45, 2.75) is 26.7 Å². The maximum Gasteiger partial charge on any atom is 0.319 e. The lowest BCUT2D eigenvalue weighted by atomic mass is 9.98. The molecule has 2 rings (SSSR count). The predicted octanol–water partition coefficient (Wildman–Crippen LogP) is 4.97. The Bertz CT molecular complexity index is 702. The van der Waals surface area contributed by atoms with Crippen LogP contribution >= 0.6 is 11.6 Å². The number of anilines is 1. The smallest absolute Gasteiger partial charge is 0.319 e. The Morgan fingerprint density at radius 3 is 2.67 bits per heavy atom. The molecule has 0 bridgehead atoms. The largest absolute Gasteiger partial charge is 0.492 e. The van der Waals surface area contributed by atoms with Gasteiger partial charge in [-0.15, -0.1) is 0 Å². The van der Waals surface area contributed by atoms with Gasteiger partial charge in [0, 0.05) is 10.7 Å². The van der Waals surface area contributed by atoms with Gasteiger partial charge in [0.05, 0.1) is 6.54 Å². The quantitative estimate of drug-likeness (QED) is 0.725. The highest BCUT2D eigenvalue weighted by Crippen LogP contribution is 2.27. The third-order valence-electron chi connectivity index (χ3n) is 3.62. The molecule has 0 aliphatic rings. The lowest BCUT2D eigenvalue weighted by molar-refractivity contribution is 0.247. The number of amides is 2. The number of para-hydroxylation sites is 1. The summed E-state index contributed by atoms with van der Waals surface area (Å²) in [6.07, 6.45) is 0. The number of carbonyl (C=O) groups is 1. The Labute approximate surface area is 148 Å². The van der Waals surface area contributed by atoms with Crippen LogP contribution in [0.3, 0.4) is 0 Å². The minimum Gasteiger partial charge on any atom is -0.492 e. The molecule has 0 heterocycles. The zero-order chi connectivity index (χ0) is 17.5. The van der Waals surface area contributed by atoms with Crippen LogP contribution in [-0.4, -0.2) is 19.2 Å². The van der Waals surface area contributed by atoms with Crippen molar-refractivity contribution in [3.8, 4) is 5.75 Å². The summed E-state index contributed by atoms with van der Waals surface area (Å²) in [5.41, 5.74) is 3.05. The maximum atomic E-state index is 12.1. The summed E-state index contributed by atoms with van der Waals surface area (Å²) in [4.78, 5) is 12.1. The second-order valence-electron chi connectivity index (χ2n) is 5.88. The van der Waals surface area contributed by atoms with Crippen LogP contribution in [0.2, 0.25) is 5.02 Å². The Morgan fingerprint density at radius 1 is 1.21 bits per heavy atom. The van der Waals surface area contributed by atoms with Gasteiger partial charge in [0.1, 0.15) is 12.4 Å². The summed E-state index contributed by atoms with van der Waals surface area (Å²) in [5.74, 6) is 1.03. The van der Waals surface area contributed by atoms with Gasteiger partial charge < -0.3 is 15.4 Å². The van der Waals surface area contributed by atoms with Gasteiger partial charge in [0.2, 0.25) is 0 Å². The third kappa shape index (κ3) is 5.17. The molecule has 2 aromatic rings. The van der Waals surface area contributed by atoms with Crippen molar-refractivity contribution in [3.05, 3.63) is 58.6 Å². The zero-order valence-electron chi connectivity index (χ0n) is 14.2. The van der Waals surface area contributed by atoms with E-state index in [1.54, 1.807) is 12.1 Å². The van der Waals surface area contributed by atoms with E-state index >= 15 is 0 Å². The fourth-order valence-electron chi connectivity index (χ4n) is 2.39. The molecule has 0 aliphatic heterocycles. The average molecular weight is 347 g/mol. The minimum atomic E-state index is -0.235. The van der Waals surface area contributed by atoms with Gasteiger partial charge in [-0.2, -0.15) is 0 Å². The van der Waals surface area contributed by atoms with Gasteiger partial charge in [0.15, 0.2) is 0 Å². The molecule has 2 amide bonds. The van der Waals surface area contributed by atoms with E-state index in [9.17, 15) is 4.79 Å². The van der Waals surface area contributed by atoms with E-state index < -0.39 is 0 Å². The van der Waals surface area contributed by atoms with E-state index in [1.165, 1.54) is 0 Å². The number of aryl methyl sites for hydroxylation is 1. The lowest BCUT2D eigenvalue weighted by Crippen LogP contribution is -2.32. The van der Waals surface area contributed by atoms with Crippen molar-refractivity contribution >= 4 is 23.3 Å².